The quantitative estimate of drug-likeness (QED) is 0.382. The third-order valence-electron chi connectivity index (χ3n) is 6.24. The van der Waals surface area contributed by atoms with Crippen LogP contribution in [0.25, 0.3) is 0 Å². The Labute approximate surface area is 199 Å². The number of furan rings is 1. The number of amides is 1. The number of aryl methyl sites for hydroxylation is 2. The molecule has 1 atom stereocenters. The van der Waals surface area contributed by atoms with Gasteiger partial charge < -0.3 is 13.9 Å². The third kappa shape index (κ3) is 5.01. The van der Waals surface area contributed by atoms with Gasteiger partial charge in [-0.15, -0.1) is 0 Å². The molecule has 34 heavy (non-hydrogen) atoms. The average Bonchev–Trinajstić information content (AvgIpc) is 3.39. The summed E-state index contributed by atoms with van der Waals surface area (Å²) in [5, 5.41) is 0. The first-order chi connectivity index (χ1) is 16.5. The van der Waals surface area contributed by atoms with Crippen molar-refractivity contribution in [3.63, 3.8) is 0 Å². The fourth-order valence-corrected chi connectivity index (χ4v) is 4.17. The van der Waals surface area contributed by atoms with Gasteiger partial charge in [0.1, 0.15) is 11.3 Å². The molecule has 174 valence electrons. The zero-order chi connectivity index (χ0) is 24.1. The molecule has 0 spiro atoms. The van der Waals surface area contributed by atoms with Crippen LogP contribution in [0, 0.1) is 6.92 Å². The molecule has 0 aliphatic heterocycles. The smallest absolute Gasteiger partial charge is 0.259 e. The number of rotatable bonds is 8. The van der Waals surface area contributed by atoms with Gasteiger partial charge in [-0.2, -0.15) is 0 Å². The Hall–Kier alpha value is -3.93. The van der Waals surface area contributed by atoms with Gasteiger partial charge in [0.05, 0.1) is 24.5 Å². The Morgan fingerprint density at radius 1 is 1.06 bits per heavy atom. The third-order valence-corrected chi connectivity index (χ3v) is 6.24. The van der Waals surface area contributed by atoms with E-state index in [2.05, 4.69) is 17.1 Å². The van der Waals surface area contributed by atoms with Crippen molar-refractivity contribution < 1.29 is 9.21 Å². The first kappa shape index (κ1) is 23.2. The van der Waals surface area contributed by atoms with E-state index in [0.717, 1.165) is 22.6 Å². The summed E-state index contributed by atoms with van der Waals surface area (Å²) in [5.41, 5.74) is 3.49. The second-order valence-electron chi connectivity index (χ2n) is 8.47. The first-order valence-electron chi connectivity index (χ1n) is 11.4. The number of carbonyl (C=O) groups excluding carboxylic acids is 1. The summed E-state index contributed by atoms with van der Waals surface area (Å²) >= 11 is 0. The van der Waals surface area contributed by atoms with Crippen molar-refractivity contribution in [1.82, 2.24) is 14.5 Å². The van der Waals surface area contributed by atoms with E-state index < -0.39 is 0 Å². The highest BCUT2D eigenvalue weighted by molar-refractivity contribution is 5.95. The fourth-order valence-electron chi connectivity index (χ4n) is 4.17. The van der Waals surface area contributed by atoms with Crippen LogP contribution >= 0.6 is 0 Å². The highest BCUT2D eigenvalue weighted by Gasteiger charge is 2.27. The standard InChI is InChI=1S/C28H29N3O3/c1-20-18-25(32)27(28(33)30(3)21(2)26-13-9-17-34-26)24(15-14-22-10-5-4-6-11-22)31(20)19-23-12-7-8-16-29-23/h4-13,16-18,21H,14-15,19H2,1-3H3/t21-/m0/s1. The lowest BCUT2D eigenvalue weighted by Gasteiger charge is -2.26. The fraction of sp³-hybridized carbons (Fsp3) is 0.250. The number of aromatic nitrogens is 2. The van der Waals surface area contributed by atoms with Crippen LogP contribution in [0.3, 0.4) is 0 Å². The number of carbonyl (C=O) groups is 1. The normalized spacial score (nSPS) is 11.9. The number of pyridine rings is 2. The molecule has 4 rings (SSSR count). The van der Waals surface area contributed by atoms with Crippen LogP contribution in [-0.2, 0) is 19.4 Å². The summed E-state index contributed by atoms with van der Waals surface area (Å²) in [7, 11) is 1.71. The van der Waals surface area contributed by atoms with Gasteiger partial charge in [0, 0.05) is 30.7 Å². The summed E-state index contributed by atoms with van der Waals surface area (Å²) < 4.78 is 7.55. The lowest BCUT2D eigenvalue weighted by atomic mass is 10.0. The average molecular weight is 456 g/mol. The van der Waals surface area contributed by atoms with Crippen LogP contribution in [0.5, 0.6) is 0 Å². The molecule has 3 aromatic heterocycles. The summed E-state index contributed by atoms with van der Waals surface area (Å²) in [6.07, 6.45) is 4.60. The second kappa shape index (κ2) is 10.3. The van der Waals surface area contributed by atoms with Gasteiger partial charge in [0.15, 0.2) is 5.43 Å². The molecule has 0 unspecified atom stereocenters. The molecule has 0 bridgehead atoms. The SMILES string of the molecule is Cc1cc(=O)c(C(=O)N(C)[C@@H](C)c2ccco2)c(CCc2ccccc2)n1Cc1ccccn1. The Kier molecular flexibility index (Phi) is 7.07. The summed E-state index contributed by atoms with van der Waals surface area (Å²) in [6, 6.07) is 20.7. The van der Waals surface area contributed by atoms with Crippen LogP contribution in [0.4, 0.5) is 0 Å². The van der Waals surface area contributed by atoms with Gasteiger partial charge in [-0.1, -0.05) is 36.4 Å². The summed E-state index contributed by atoms with van der Waals surface area (Å²) in [5.74, 6) is 0.356. The molecule has 0 N–H and O–H groups in total. The van der Waals surface area contributed by atoms with Gasteiger partial charge in [-0.3, -0.25) is 14.6 Å². The molecule has 6 nitrogen and oxygen atoms in total. The van der Waals surface area contributed by atoms with E-state index in [4.69, 9.17) is 4.42 Å². The van der Waals surface area contributed by atoms with E-state index in [1.807, 2.05) is 60.9 Å². The molecular formula is C28H29N3O3. The minimum Gasteiger partial charge on any atom is -0.467 e. The molecule has 3 heterocycles. The minimum atomic E-state index is -0.313. The number of nitrogens with zero attached hydrogens (tertiary/aromatic N) is 3. The second-order valence-corrected chi connectivity index (χ2v) is 8.47. The Balaban J connectivity index is 1.77. The molecule has 4 aromatic rings. The molecule has 0 aliphatic rings. The van der Waals surface area contributed by atoms with E-state index >= 15 is 0 Å². The number of benzene rings is 1. The van der Waals surface area contributed by atoms with Gasteiger partial charge >= 0.3 is 0 Å². The van der Waals surface area contributed by atoms with Crippen LogP contribution in [0.2, 0.25) is 0 Å². The monoisotopic (exact) mass is 455 g/mol. The molecule has 0 saturated carbocycles. The van der Waals surface area contributed by atoms with Crippen LogP contribution in [-0.4, -0.2) is 27.4 Å². The number of hydrogen-bond donors (Lipinski definition) is 0. The van der Waals surface area contributed by atoms with E-state index in [-0.39, 0.29) is 22.9 Å². The maximum absolute atomic E-state index is 13.7. The van der Waals surface area contributed by atoms with Crippen LogP contribution in [0.1, 0.15) is 51.7 Å². The molecule has 1 amide bonds. The Morgan fingerprint density at radius 2 is 1.82 bits per heavy atom. The van der Waals surface area contributed by atoms with E-state index in [1.165, 1.54) is 0 Å². The highest BCUT2D eigenvalue weighted by atomic mass is 16.3. The Morgan fingerprint density at radius 3 is 2.50 bits per heavy atom. The lowest BCUT2D eigenvalue weighted by molar-refractivity contribution is 0.0722. The maximum Gasteiger partial charge on any atom is 0.259 e. The van der Waals surface area contributed by atoms with Crippen molar-refractivity contribution >= 4 is 5.91 Å². The van der Waals surface area contributed by atoms with Crippen molar-refractivity contribution in [1.29, 1.82) is 0 Å². The summed E-state index contributed by atoms with van der Waals surface area (Å²) in [6.45, 7) is 4.27. The van der Waals surface area contributed by atoms with E-state index in [9.17, 15) is 9.59 Å². The molecule has 0 aliphatic carbocycles. The minimum absolute atomic E-state index is 0.207. The zero-order valence-corrected chi connectivity index (χ0v) is 19.8. The van der Waals surface area contributed by atoms with Gasteiger partial charge in [-0.25, -0.2) is 0 Å². The largest absolute Gasteiger partial charge is 0.467 e. The van der Waals surface area contributed by atoms with Gasteiger partial charge in [-0.05, 0) is 56.5 Å². The predicted molar refractivity (Wildman–Crippen MR) is 132 cm³/mol. The van der Waals surface area contributed by atoms with Crippen LogP contribution < -0.4 is 5.43 Å². The molecule has 0 fully saturated rings. The molecule has 0 radical (unpaired) electrons. The van der Waals surface area contributed by atoms with Crippen molar-refractivity contribution in [2.24, 2.45) is 0 Å². The van der Waals surface area contributed by atoms with Crippen molar-refractivity contribution in [3.05, 3.63) is 123 Å². The zero-order valence-electron chi connectivity index (χ0n) is 19.8. The molecular weight excluding hydrogens is 426 g/mol. The maximum atomic E-state index is 13.7. The van der Waals surface area contributed by atoms with E-state index in [0.29, 0.717) is 25.1 Å². The Bertz CT molecular complexity index is 1300. The highest BCUT2D eigenvalue weighted by Crippen LogP contribution is 2.23. The first-order valence-corrected chi connectivity index (χ1v) is 11.4. The van der Waals surface area contributed by atoms with E-state index in [1.54, 1.807) is 36.5 Å². The molecule has 0 saturated heterocycles. The van der Waals surface area contributed by atoms with Crippen molar-refractivity contribution in [2.45, 2.75) is 39.3 Å². The lowest BCUT2D eigenvalue weighted by Crippen LogP contribution is -2.36. The predicted octanol–water partition coefficient (Wildman–Crippen LogP) is 4.81. The van der Waals surface area contributed by atoms with Gasteiger partial charge in [0.2, 0.25) is 0 Å². The molecule has 6 heteroatoms. The van der Waals surface area contributed by atoms with Gasteiger partial charge in [0.25, 0.3) is 5.91 Å². The topological polar surface area (TPSA) is 68.3 Å². The molecule has 1 aromatic carbocycles. The van der Waals surface area contributed by atoms with Crippen molar-refractivity contribution in [2.75, 3.05) is 7.05 Å². The van der Waals surface area contributed by atoms with Crippen molar-refractivity contribution in [3.8, 4) is 0 Å². The van der Waals surface area contributed by atoms with Crippen LogP contribution in [0.15, 0.2) is 88.4 Å². The summed E-state index contributed by atoms with van der Waals surface area (Å²) in [4.78, 5) is 33.0. The number of hydrogen-bond acceptors (Lipinski definition) is 4.